The van der Waals surface area contributed by atoms with Crippen LogP contribution in [0.4, 0.5) is 0 Å². The molecule has 1 aromatic rings. The molecule has 1 aliphatic carbocycles. The second kappa shape index (κ2) is 2.60. The summed E-state index contributed by atoms with van der Waals surface area (Å²) < 4.78 is 2.39. The van der Waals surface area contributed by atoms with Gasteiger partial charge < -0.3 is 10.3 Å². The molecule has 3 nitrogen and oxygen atoms in total. The zero-order chi connectivity index (χ0) is 9.76. The lowest BCUT2D eigenvalue weighted by Crippen LogP contribution is -2.27. The zero-order valence-corrected chi connectivity index (χ0v) is 8.66. The second-order valence-electron chi connectivity index (χ2n) is 4.83. The molecule has 1 saturated carbocycles. The van der Waals surface area contributed by atoms with Crippen molar-refractivity contribution < 1.29 is 0 Å². The van der Waals surface area contributed by atoms with Crippen LogP contribution in [0.2, 0.25) is 0 Å². The first-order valence-corrected chi connectivity index (χ1v) is 5.56. The van der Waals surface area contributed by atoms with E-state index in [1.165, 1.54) is 24.4 Å². The fraction of sp³-hybridized carbons (Fsp3) is 0.727. The van der Waals surface area contributed by atoms with Gasteiger partial charge in [-0.2, -0.15) is 0 Å². The molecule has 0 bridgehead atoms. The van der Waals surface area contributed by atoms with Crippen LogP contribution in [0.1, 0.15) is 50.2 Å². The first-order valence-electron chi connectivity index (χ1n) is 5.56. The highest BCUT2D eigenvalue weighted by Crippen LogP contribution is 2.44. The highest BCUT2D eigenvalue weighted by Gasteiger charge is 2.44. The minimum absolute atomic E-state index is 0.0309. The molecular formula is C11H17N3. The average Bonchev–Trinajstić information content (AvgIpc) is 2.77. The van der Waals surface area contributed by atoms with Gasteiger partial charge in [-0.05, 0) is 32.6 Å². The predicted octanol–water partition coefficient (Wildman–Crippen LogP) is 1.73. The van der Waals surface area contributed by atoms with E-state index in [0.717, 1.165) is 19.3 Å². The number of aromatic nitrogens is 2. The summed E-state index contributed by atoms with van der Waals surface area (Å²) in [5.41, 5.74) is 7.48. The van der Waals surface area contributed by atoms with Gasteiger partial charge in [-0.1, -0.05) is 0 Å². The maximum atomic E-state index is 6.24. The Hall–Kier alpha value is -0.830. The molecule has 3 rings (SSSR count). The lowest BCUT2D eigenvalue weighted by atomic mass is 10.0. The van der Waals surface area contributed by atoms with Gasteiger partial charge in [-0.25, -0.2) is 4.98 Å². The molecule has 1 atom stereocenters. The van der Waals surface area contributed by atoms with Crippen LogP contribution >= 0.6 is 0 Å². The number of rotatable bonds is 1. The molecule has 0 radical (unpaired) electrons. The minimum Gasteiger partial charge on any atom is -0.328 e. The summed E-state index contributed by atoms with van der Waals surface area (Å²) in [4.78, 5) is 4.50. The van der Waals surface area contributed by atoms with Crippen LogP contribution in [-0.2, 0) is 12.0 Å². The number of imidazole rings is 1. The third kappa shape index (κ3) is 1.05. The van der Waals surface area contributed by atoms with Crippen molar-refractivity contribution in [2.75, 3.05) is 0 Å². The Morgan fingerprint density at radius 1 is 1.57 bits per heavy atom. The first kappa shape index (κ1) is 8.48. The summed E-state index contributed by atoms with van der Waals surface area (Å²) in [5, 5.41) is 0. The molecular weight excluding hydrogens is 174 g/mol. The Kier molecular flexibility index (Phi) is 1.57. The van der Waals surface area contributed by atoms with Crippen molar-refractivity contribution in [1.29, 1.82) is 0 Å². The molecule has 1 aromatic heterocycles. The molecule has 0 saturated heterocycles. The molecule has 76 valence electrons. The summed E-state index contributed by atoms with van der Waals surface area (Å²) in [5.74, 6) is 1.25. The molecule has 2 heterocycles. The molecule has 1 fully saturated rings. The summed E-state index contributed by atoms with van der Waals surface area (Å²) in [6, 6.07) is 0.595. The fourth-order valence-electron chi connectivity index (χ4n) is 2.52. The number of nitrogens with two attached hydrogens (primary N) is 1. The van der Waals surface area contributed by atoms with Gasteiger partial charge in [0.15, 0.2) is 0 Å². The third-order valence-corrected chi connectivity index (χ3v) is 3.64. The van der Waals surface area contributed by atoms with E-state index in [-0.39, 0.29) is 5.54 Å². The number of hydrogen-bond donors (Lipinski definition) is 1. The number of fused-ring (bicyclic) bond motifs is 1. The Morgan fingerprint density at radius 3 is 3.07 bits per heavy atom. The van der Waals surface area contributed by atoms with E-state index in [1.807, 2.05) is 6.20 Å². The van der Waals surface area contributed by atoms with Crippen LogP contribution in [0.25, 0.3) is 0 Å². The quantitative estimate of drug-likeness (QED) is 0.734. The van der Waals surface area contributed by atoms with Gasteiger partial charge in [0.05, 0.1) is 17.4 Å². The Balaban J connectivity index is 2.09. The monoisotopic (exact) mass is 191 g/mol. The Morgan fingerprint density at radius 2 is 2.36 bits per heavy atom. The van der Waals surface area contributed by atoms with Crippen LogP contribution in [0.3, 0.4) is 0 Å². The van der Waals surface area contributed by atoms with Crippen molar-refractivity contribution in [3.63, 3.8) is 0 Å². The maximum Gasteiger partial charge on any atom is 0.109 e. The van der Waals surface area contributed by atoms with Gasteiger partial charge in [0, 0.05) is 12.5 Å². The van der Waals surface area contributed by atoms with Gasteiger partial charge in [-0.15, -0.1) is 0 Å². The van der Waals surface area contributed by atoms with Crippen molar-refractivity contribution in [2.24, 2.45) is 5.73 Å². The van der Waals surface area contributed by atoms with Gasteiger partial charge in [0.2, 0.25) is 0 Å². The summed E-state index contributed by atoms with van der Waals surface area (Å²) in [7, 11) is 0. The lowest BCUT2D eigenvalue weighted by Gasteiger charge is -2.25. The lowest BCUT2D eigenvalue weighted by molar-refractivity contribution is 0.403. The van der Waals surface area contributed by atoms with Gasteiger partial charge >= 0.3 is 0 Å². The van der Waals surface area contributed by atoms with Gasteiger partial charge in [0.1, 0.15) is 5.82 Å². The van der Waals surface area contributed by atoms with Crippen molar-refractivity contribution in [2.45, 2.75) is 50.6 Å². The van der Waals surface area contributed by atoms with E-state index >= 15 is 0 Å². The molecule has 1 aliphatic heterocycles. The first-order chi connectivity index (χ1) is 6.71. The highest BCUT2D eigenvalue weighted by atomic mass is 15.1. The van der Waals surface area contributed by atoms with Crippen LogP contribution in [0.5, 0.6) is 0 Å². The topological polar surface area (TPSA) is 43.8 Å². The van der Waals surface area contributed by atoms with E-state index in [0.29, 0.717) is 6.04 Å². The third-order valence-electron chi connectivity index (χ3n) is 3.64. The van der Waals surface area contributed by atoms with Crippen molar-refractivity contribution in [3.8, 4) is 0 Å². The van der Waals surface area contributed by atoms with E-state index in [4.69, 9.17) is 5.73 Å². The van der Waals surface area contributed by atoms with Crippen LogP contribution in [0.15, 0.2) is 6.20 Å². The van der Waals surface area contributed by atoms with Crippen LogP contribution in [-0.4, -0.2) is 9.55 Å². The second-order valence-corrected chi connectivity index (χ2v) is 4.83. The van der Waals surface area contributed by atoms with Crippen LogP contribution in [0, 0.1) is 0 Å². The molecule has 0 amide bonds. The molecule has 3 heteroatoms. The maximum absolute atomic E-state index is 6.24. The SMILES string of the molecule is CC1CCCc2ncc(C3(N)CC3)n21. The molecule has 1 unspecified atom stereocenters. The number of nitrogens with zero attached hydrogens (tertiary/aromatic N) is 2. The molecule has 0 aromatic carbocycles. The standard InChI is InChI=1S/C11H17N3/c1-8-3-2-4-10-13-7-9(14(8)10)11(12)5-6-11/h7-8H,2-6,12H2,1H3. The summed E-state index contributed by atoms with van der Waals surface area (Å²) >= 11 is 0. The van der Waals surface area contributed by atoms with Gasteiger partial charge in [0.25, 0.3) is 0 Å². The largest absolute Gasteiger partial charge is 0.328 e. The van der Waals surface area contributed by atoms with E-state index in [9.17, 15) is 0 Å². The van der Waals surface area contributed by atoms with Crippen LogP contribution < -0.4 is 5.73 Å². The van der Waals surface area contributed by atoms with Crippen molar-refractivity contribution in [3.05, 3.63) is 17.7 Å². The fourth-order valence-corrected chi connectivity index (χ4v) is 2.52. The Labute approximate surface area is 84.3 Å². The zero-order valence-electron chi connectivity index (χ0n) is 8.66. The smallest absolute Gasteiger partial charge is 0.109 e. The highest BCUT2D eigenvalue weighted by molar-refractivity contribution is 5.24. The molecule has 2 aliphatic rings. The average molecular weight is 191 g/mol. The Bertz CT molecular complexity index is 363. The molecule has 14 heavy (non-hydrogen) atoms. The van der Waals surface area contributed by atoms with Gasteiger partial charge in [-0.3, -0.25) is 0 Å². The summed E-state index contributed by atoms with van der Waals surface area (Å²) in [6.45, 7) is 2.28. The van der Waals surface area contributed by atoms with Crippen molar-refractivity contribution in [1.82, 2.24) is 9.55 Å². The number of hydrogen-bond acceptors (Lipinski definition) is 2. The normalized spacial score (nSPS) is 28.6. The number of aryl methyl sites for hydroxylation is 1. The van der Waals surface area contributed by atoms with E-state index < -0.39 is 0 Å². The minimum atomic E-state index is -0.0309. The van der Waals surface area contributed by atoms with E-state index in [2.05, 4.69) is 16.5 Å². The summed E-state index contributed by atoms with van der Waals surface area (Å²) in [6.07, 6.45) is 7.93. The predicted molar refractivity (Wildman–Crippen MR) is 55.0 cm³/mol. The molecule has 2 N–H and O–H groups in total. The molecule has 0 spiro atoms. The van der Waals surface area contributed by atoms with E-state index in [1.54, 1.807) is 0 Å². The van der Waals surface area contributed by atoms with Crippen molar-refractivity contribution >= 4 is 0 Å².